The molecule has 98 valence electrons. The molecule has 1 heterocycles. The first-order valence-corrected chi connectivity index (χ1v) is 7.50. The Morgan fingerprint density at radius 3 is 3.00 bits per heavy atom. The lowest BCUT2D eigenvalue weighted by molar-refractivity contribution is 0.0949. The molecule has 18 heavy (non-hydrogen) atoms. The molecule has 1 aromatic rings. The highest BCUT2D eigenvalue weighted by Gasteiger charge is 2.17. The van der Waals surface area contributed by atoms with Crippen molar-refractivity contribution in [3.8, 4) is 0 Å². The summed E-state index contributed by atoms with van der Waals surface area (Å²) in [5.41, 5.74) is 2.78. The first-order chi connectivity index (χ1) is 8.70. The van der Waals surface area contributed by atoms with Crippen LogP contribution in [0.25, 0.3) is 0 Å². The van der Waals surface area contributed by atoms with E-state index in [9.17, 15) is 4.79 Å². The second-order valence-corrected chi connectivity index (χ2v) is 5.89. The zero-order valence-corrected chi connectivity index (χ0v) is 11.8. The standard InChI is InChI=1S/C14H20N2OS/c1-10-3-4-12(13(7-10)15-2)14(17)16-8-11-5-6-18-9-11/h3-4,7,11,15H,5-6,8-9H2,1-2H3,(H,16,17). The van der Waals surface area contributed by atoms with E-state index in [0.717, 1.165) is 23.4 Å². The van der Waals surface area contributed by atoms with Crippen LogP contribution in [0.3, 0.4) is 0 Å². The normalized spacial score (nSPS) is 18.7. The zero-order valence-electron chi connectivity index (χ0n) is 11.0. The Kier molecular flexibility index (Phi) is 4.53. The van der Waals surface area contributed by atoms with Crippen LogP contribution in [0.1, 0.15) is 22.3 Å². The van der Waals surface area contributed by atoms with Gasteiger partial charge < -0.3 is 10.6 Å². The number of anilines is 1. The van der Waals surface area contributed by atoms with Crippen LogP contribution in [0.4, 0.5) is 5.69 Å². The lowest BCUT2D eigenvalue weighted by Crippen LogP contribution is -2.29. The summed E-state index contributed by atoms with van der Waals surface area (Å²) in [4.78, 5) is 12.1. The highest BCUT2D eigenvalue weighted by atomic mass is 32.2. The van der Waals surface area contributed by atoms with Crippen LogP contribution in [-0.4, -0.2) is 31.0 Å². The summed E-state index contributed by atoms with van der Waals surface area (Å²) in [7, 11) is 1.85. The third-order valence-corrected chi connectivity index (χ3v) is 4.50. The molecule has 2 N–H and O–H groups in total. The molecular formula is C14H20N2OS. The molecule has 1 unspecified atom stereocenters. The predicted octanol–water partition coefficient (Wildman–Crippen LogP) is 2.52. The maximum atomic E-state index is 12.1. The minimum atomic E-state index is 0.0243. The fourth-order valence-electron chi connectivity index (χ4n) is 2.14. The monoisotopic (exact) mass is 264 g/mol. The number of aryl methyl sites for hydroxylation is 1. The van der Waals surface area contributed by atoms with E-state index in [4.69, 9.17) is 0 Å². The van der Waals surface area contributed by atoms with Crippen LogP contribution in [0.5, 0.6) is 0 Å². The lowest BCUT2D eigenvalue weighted by atomic mass is 10.1. The van der Waals surface area contributed by atoms with Crippen LogP contribution in [-0.2, 0) is 0 Å². The number of hydrogen-bond acceptors (Lipinski definition) is 3. The molecule has 3 nitrogen and oxygen atoms in total. The Balaban J connectivity index is 1.99. The molecule has 1 aliphatic heterocycles. The molecule has 0 spiro atoms. The van der Waals surface area contributed by atoms with Gasteiger partial charge in [0, 0.05) is 19.3 Å². The van der Waals surface area contributed by atoms with Gasteiger partial charge in [-0.2, -0.15) is 11.8 Å². The van der Waals surface area contributed by atoms with Gasteiger partial charge >= 0.3 is 0 Å². The van der Waals surface area contributed by atoms with Gasteiger partial charge in [-0.25, -0.2) is 0 Å². The molecule has 1 aromatic carbocycles. The lowest BCUT2D eigenvalue weighted by Gasteiger charge is -2.13. The van der Waals surface area contributed by atoms with E-state index in [1.54, 1.807) is 0 Å². The Morgan fingerprint density at radius 2 is 2.33 bits per heavy atom. The molecule has 1 fully saturated rings. The van der Waals surface area contributed by atoms with E-state index < -0.39 is 0 Å². The summed E-state index contributed by atoms with van der Waals surface area (Å²) in [5.74, 6) is 3.07. The molecular weight excluding hydrogens is 244 g/mol. The van der Waals surface area contributed by atoms with E-state index >= 15 is 0 Å². The second-order valence-electron chi connectivity index (χ2n) is 4.74. The number of carbonyl (C=O) groups is 1. The molecule has 1 atom stereocenters. The van der Waals surface area contributed by atoms with Gasteiger partial charge in [0.25, 0.3) is 5.91 Å². The third-order valence-electron chi connectivity index (χ3n) is 3.26. The van der Waals surface area contributed by atoms with Crippen LogP contribution in [0.15, 0.2) is 18.2 Å². The highest BCUT2D eigenvalue weighted by Crippen LogP contribution is 2.23. The minimum Gasteiger partial charge on any atom is -0.387 e. The van der Waals surface area contributed by atoms with Crippen LogP contribution in [0, 0.1) is 12.8 Å². The average molecular weight is 264 g/mol. The van der Waals surface area contributed by atoms with Crippen LogP contribution in [0.2, 0.25) is 0 Å². The summed E-state index contributed by atoms with van der Waals surface area (Å²) in [6, 6.07) is 5.86. The summed E-state index contributed by atoms with van der Waals surface area (Å²) < 4.78 is 0. The van der Waals surface area contributed by atoms with Crippen molar-refractivity contribution < 1.29 is 4.79 Å². The van der Waals surface area contributed by atoms with E-state index in [2.05, 4.69) is 10.6 Å². The molecule has 1 saturated heterocycles. The highest BCUT2D eigenvalue weighted by molar-refractivity contribution is 7.99. The Bertz CT molecular complexity index is 428. The predicted molar refractivity (Wildman–Crippen MR) is 78.5 cm³/mol. The number of carbonyl (C=O) groups excluding carboxylic acids is 1. The van der Waals surface area contributed by atoms with Crippen molar-refractivity contribution in [2.45, 2.75) is 13.3 Å². The summed E-state index contributed by atoms with van der Waals surface area (Å²) in [6.45, 7) is 2.82. The molecule has 1 aliphatic rings. The maximum Gasteiger partial charge on any atom is 0.253 e. The molecule has 0 saturated carbocycles. The molecule has 2 rings (SSSR count). The van der Waals surface area contributed by atoms with Gasteiger partial charge in [-0.15, -0.1) is 0 Å². The summed E-state index contributed by atoms with van der Waals surface area (Å²) in [5, 5.41) is 6.12. The molecule has 0 aromatic heterocycles. The third kappa shape index (κ3) is 3.19. The largest absolute Gasteiger partial charge is 0.387 e. The van der Waals surface area contributed by atoms with Crippen LogP contribution >= 0.6 is 11.8 Å². The van der Waals surface area contributed by atoms with Gasteiger partial charge in [-0.1, -0.05) is 6.07 Å². The maximum absolute atomic E-state index is 12.1. The smallest absolute Gasteiger partial charge is 0.253 e. The number of nitrogens with one attached hydrogen (secondary N) is 2. The molecule has 4 heteroatoms. The summed E-state index contributed by atoms with van der Waals surface area (Å²) >= 11 is 1.98. The van der Waals surface area contributed by atoms with Crippen molar-refractivity contribution in [3.63, 3.8) is 0 Å². The zero-order chi connectivity index (χ0) is 13.0. The van der Waals surface area contributed by atoms with E-state index in [0.29, 0.717) is 5.92 Å². The number of thioether (sulfide) groups is 1. The second kappa shape index (κ2) is 6.14. The van der Waals surface area contributed by atoms with Gasteiger partial charge in [0.2, 0.25) is 0 Å². The minimum absolute atomic E-state index is 0.0243. The van der Waals surface area contributed by atoms with Crippen molar-refractivity contribution in [1.29, 1.82) is 0 Å². The average Bonchev–Trinajstić information content (AvgIpc) is 2.88. The van der Waals surface area contributed by atoms with Gasteiger partial charge in [0.1, 0.15) is 0 Å². The summed E-state index contributed by atoms with van der Waals surface area (Å²) in [6.07, 6.45) is 1.22. The Labute approximate surface area is 113 Å². The van der Waals surface area contributed by atoms with Gasteiger partial charge in [0.15, 0.2) is 0 Å². The number of rotatable bonds is 4. The SMILES string of the molecule is CNc1cc(C)ccc1C(=O)NCC1CCSC1. The van der Waals surface area contributed by atoms with Crippen molar-refractivity contribution in [1.82, 2.24) is 5.32 Å². The van der Waals surface area contributed by atoms with Crippen molar-refractivity contribution >= 4 is 23.4 Å². The number of benzene rings is 1. The fraction of sp³-hybridized carbons (Fsp3) is 0.500. The Morgan fingerprint density at radius 1 is 1.50 bits per heavy atom. The molecule has 0 bridgehead atoms. The first kappa shape index (κ1) is 13.3. The molecule has 1 amide bonds. The topological polar surface area (TPSA) is 41.1 Å². The number of hydrogen-bond donors (Lipinski definition) is 2. The van der Waals surface area contributed by atoms with Gasteiger partial charge in [-0.05, 0) is 48.5 Å². The van der Waals surface area contributed by atoms with E-state index in [1.165, 1.54) is 17.9 Å². The van der Waals surface area contributed by atoms with E-state index in [-0.39, 0.29) is 5.91 Å². The number of amides is 1. The molecule has 0 radical (unpaired) electrons. The Hall–Kier alpha value is -1.16. The van der Waals surface area contributed by atoms with Crippen molar-refractivity contribution in [2.75, 3.05) is 30.4 Å². The van der Waals surface area contributed by atoms with Crippen LogP contribution < -0.4 is 10.6 Å². The van der Waals surface area contributed by atoms with Gasteiger partial charge in [0.05, 0.1) is 5.56 Å². The molecule has 0 aliphatic carbocycles. The quantitative estimate of drug-likeness (QED) is 0.878. The van der Waals surface area contributed by atoms with Crippen molar-refractivity contribution in [3.05, 3.63) is 29.3 Å². The van der Waals surface area contributed by atoms with Gasteiger partial charge in [-0.3, -0.25) is 4.79 Å². The fourth-order valence-corrected chi connectivity index (χ4v) is 3.42. The van der Waals surface area contributed by atoms with Crippen molar-refractivity contribution in [2.24, 2.45) is 5.92 Å². The first-order valence-electron chi connectivity index (χ1n) is 6.35. The van der Waals surface area contributed by atoms with E-state index in [1.807, 2.05) is 43.9 Å².